The molecule has 1 aromatic heterocycles. The van der Waals surface area contributed by atoms with Crippen molar-refractivity contribution in [3.63, 3.8) is 0 Å². The number of carbonyl (C=O) groups excluding carboxylic acids is 1. The summed E-state index contributed by atoms with van der Waals surface area (Å²) in [6.45, 7) is 3.99. The normalized spacial score (nSPS) is 13.7. The van der Waals surface area contributed by atoms with Crippen molar-refractivity contribution in [2.75, 3.05) is 28.6 Å². The van der Waals surface area contributed by atoms with Crippen molar-refractivity contribution < 1.29 is 9.18 Å². The topological polar surface area (TPSA) is 57.3 Å². The fourth-order valence-corrected chi connectivity index (χ4v) is 3.49. The maximum absolute atomic E-state index is 14.6. The lowest BCUT2D eigenvalue weighted by molar-refractivity contribution is 0.262. The van der Waals surface area contributed by atoms with E-state index in [2.05, 4.69) is 27.4 Å². The number of amides is 2. The van der Waals surface area contributed by atoms with E-state index in [9.17, 15) is 9.18 Å². The molecule has 144 valence electrons. The Labute approximate surface area is 163 Å². The van der Waals surface area contributed by atoms with Crippen LogP contribution in [0.15, 0.2) is 48.5 Å². The number of hydrogen-bond donors (Lipinski definition) is 2. The fraction of sp³-hybridized carbons (Fsp3) is 0.273. The molecule has 0 saturated carbocycles. The number of hydrogen-bond acceptors (Lipinski definition) is 3. The van der Waals surface area contributed by atoms with Crippen LogP contribution in [0.2, 0.25) is 0 Å². The summed E-state index contributed by atoms with van der Waals surface area (Å²) in [5.74, 6) is 0.360. The fourth-order valence-electron chi connectivity index (χ4n) is 3.49. The minimum atomic E-state index is -0.443. The first kappa shape index (κ1) is 18.2. The number of aryl methyl sites for hydroxylation is 1. The van der Waals surface area contributed by atoms with Gasteiger partial charge < -0.3 is 15.5 Å². The molecule has 2 N–H and O–H groups in total. The van der Waals surface area contributed by atoms with Crippen molar-refractivity contribution in [3.8, 4) is 0 Å². The number of urea groups is 1. The maximum atomic E-state index is 14.6. The van der Waals surface area contributed by atoms with Gasteiger partial charge in [0.15, 0.2) is 5.82 Å². The number of halogens is 1. The first-order valence-electron chi connectivity index (χ1n) is 9.64. The molecule has 0 atom stereocenters. The number of nitrogens with one attached hydrogen (secondary N) is 2. The second kappa shape index (κ2) is 7.84. The van der Waals surface area contributed by atoms with Crippen molar-refractivity contribution in [3.05, 3.63) is 59.9 Å². The van der Waals surface area contributed by atoms with E-state index in [0.29, 0.717) is 22.3 Å². The van der Waals surface area contributed by atoms with E-state index in [1.54, 1.807) is 6.07 Å². The standard InChI is InChI=1S/C22H23FN4O/c1-2-15-5-8-17(9-6-15)24-22(28)25-18-13-16-7-10-20(27-11-3-4-12-27)26-21(16)19(23)14-18/h5-10,13-14H,2-4,11-12H2,1H3,(H2,24,25,28). The van der Waals surface area contributed by atoms with Crippen LogP contribution in [0.3, 0.4) is 0 Å². The highest BCUT2D eigenvalue weighted by Gasteiger charge is 2.15. The molecule has 0 aliphatic carbocycles. The van der Waals surface area contributed by atoms with Gasteiger partial charge in [-0.15, -0.1) is 0 Å². The van der Waals surface area contributed by atoms with Crippen molar-refractivity contribution in [1.82, 2.24) is 4.98 Å². The Kier molecular flexibility index (Phi) is 5.10. The summed E-state index contributed by atoms with van der Waals surface area (Å²) in [6.07, 6.45) is 3.22. The SMILES string of the molecule is CCc1ccc(NC(=O)Nc2cc(F)c3nc(N4CCCC4)ccc3c2)cc1. The maximum Gasteiger partial charge on any atom is 0.323 e. The molecule has 28 heavy (non-hydrogen) atoms. The van der Waals surface area contributed by atoms with Gasteiger partial charge in [0.05, 0.1) is 0 Å². The summed E-state index contributed by atoms with van der Waals surface area (Å²) >= 11 is 0. The Morgan fingerprint density at radius 1 is 1.04 bits per heavy atom. The van der Waals surface area contributed by atoms with Crippen LogP contribution in [-0.2, 0) is 6.42 Å². The lowest BCUT2D eigenvalue weighted by Gasteiger charge is -2.17. The van der Waals surface area contributed by atoms with Crippen LogP contribution >= 0.6 is 0 Å². The largest absolute Gasteiger partial charge is 0.357 e. The Hall–Kier alpha value is -3.15. The molecular formula is C22H23FN4O. The molecule has 6 heteroatoms. The molecule has 1 aliphatic rings. The van der Waals surface area contributed by atoms with Crippen molar-refractivity contribution >= 4 is 34.1 Å². The molecule has 0 spiro atoms. The average Bonchev–Trinajstić information content (AvgIpc) is 3.23. The monoisotopic (exact) mass is 378 g/mol. The van der Waals surface area contributed by atoms with Crippen LogP contribution in [-0.4, -0.2) is 24.1 Å². The Balaban J connectivity index is 1.50. The van der Waals surface area contributed by atoms with Gasteiger partial charge in [0, 0.05) is 29.9 Å². The van der Waals surface area contributed by atoms with E-state index in [4.69, 9.17) is 0 Å². The van der Waals surface area contributed by atoms with E-state index in [0.717, 1.165) is 38.2 Å². The predicted molar refractivity (Wildman–Crippen MR) is 112 cm³/mol. The Morgan fingerprint density at radius 3 is 2.46 bits per heavy atom. The zero-order chi connectivity index (χ0) is 19.5. The molecule has 1 saturated heterocycles. The lowest BCUT2D eigenvalue weighted by atomic mass is 10.1. The van der Waals surface area contributed by atoms with E-state index in [1.807, 2.05) is 36.4 Å². The molecule has 0 radical (unpaired) electrons. The van der Waals surface area contributed by atoms with Crippen LogP contribution in [0.1, 0.15) is 25.3 Å². The van der Waals surface area contributed by atoms with Gasteiger partial charge in [-0.05, 0) is 61.2 Å². The lowest BCUT2D eigenvalue weighted by Crippen LogP contribution is -2.20. The second-order valence-electron chi connectivity index (χ2n) is 7.02. The average molecular weight is 378 g/mol. The summed E-state index contributed by atoms with van der Waals surface area (Å²) < 4.78 is 14.6. The zero-order valence-electron chi connectivity index (χ0n) is 15.8. The third-order valence-corrected chi connectivity index (χ3v) is 5.04. The number of pyridine rings is 1. The van der Waals surface area contributed by atoms with Crippen LogP contribution in [0, 0.1) is 5.82 Å². The van der Waals surface area contributed by atoms with Crippen LogP contribution in [0.25, 0.3) is 10.9 Å². The van der Waals surface area contributed by atoms with Gasteiger partial charge in [-0.25, -0.2) is 14.2 Å². The van der Waals surface area contributed by atoms with Crippen LogP contribution < -0.4 is 15.5 Å². The highest BCUT2D eigenvalue weighted by atomic mass is 19.1. The number of carbonyl (C=O) groups is 1. The molecular weight excluding hydrogens is 355 g/mol. The van der Waals surface area contributed by atoms with E-state index in [1.165, 1.54) is 11.6 Å². The molecule has 3 aromatic rings. The first-order chi connectivity index (χ1) is 13.6. The summed E-state index contributed by atoms with van der Waals surface area (Å²) in [5, 5.41) is 6.11. The van der Waals surface area contributed by atoms with Gasteiger partial charge in [0.25, 0.3) is 0 Å². The summed E-state index contributed by atoms with van der Waals surface area (Å²) in [6, 6.07) is 14.0. The van der Waals surface area contributed by atoms with Gasteiger partial charge in [-0.2, -0.15) is 0 Å². The van der Waals surface area contributed by atoms with Crippen molar-refractivity contribution in [1.29, 1.82) is 0 Å². The second-order valence-corrected chi connectivity index (χ2v) is 7.02. The molecule has 0 bridgehead atoms. The molecule has 0 unspecified atom stereocenters. The van der Waals surface area contributed by atoms with Gasteiger partial charge in [0.2, 0.25) is 0 Å². The zero-order valence-corrected chi connectivity index (χ0v) is 15.8. The third kappa shape index (κ3) is 3.91. The number of aromatic nitrogens is 1. The molecule has 4 rings (SSSR count). The molecule has 2 heterocycles. The highest BCUT2D eigenvalue weighted by molar-refractivity contribution is 6.01. The van der Waals surface area contributed by atoms with Crippen LogP contribution in [0.4, 0.5) is 26.4 Å². The number of anilines is 3. The van der Waals surface area contributed by atoms with Gasteiger partial charge >= 0.3 is 6.03 Å². The predicted octanol–water partition coefficient (Wildman–Crippen LogP) is 5.18. The quantitative estimate of drug-likeness (QED) is 0.658. The molecule has 1 fully saturated rings. The summed E-state index contributed by atoms with van der Waals surface area (Å²) in [4.78, 5) is 18.9. The van der Waals surface area contributed by atoms with Gasteiger partial charge in [-0.1, -0.05) is 19.1 Å². The summed E-state index contributed by atoms with van der Waals surface area (Å²) in [5.41, 5.74) is 2.60. The number of fused-ring (bicyclic) bond motifs is 1. The third-order valence-electron chi connectivity index (χ3n) is 5.04. The minimum Gasteiger partial charge on any atom is -0.357 e. The van der Waals surface area contributed by atoms with E-state index in [-0.39, 0.29) is 0 Å². The number of rotatable bonds is 4. The summed E-state index contributed by atoms with van der Waals surface area (Å²) in [7, 11) is 0. The van der Waals surface area contributed by atoms with E-state index < -0.39 is 11.8 Å². The van der Waals surface area contributed by atoms with Gasteiger partial charge in [-0.3, -0.25) is 0 Å². The first-order valence-corrected chi connectivity index (χ1v) is 9.64. The van der Waals surface area contributed by atoms with Gasteiger partial charge in [0.1, 0.15) is 11.3 Å². The highest BCUT2D eigenvalue weighted by Crippen LogP contribution is 2.26. The van der Waals surface area contributed by atoms with Crippen molar-refractivity contribution in [2.24, 2.45) is 0 Å². The van der Waals surface area contributed by atoms with Crippen LogP contribution in [0.5, 0.6) is 0 Å². The molecule has 5 nitrogen and oxygen atoms in total. The number of nitrogens with zero attached hydrogens (tertiary/aromatic N) is 2. The Morgan fingerprint density at radius 2 is 1.75 bits per heavy atom. The molecule has 2 amide bonds. The minimum absolute atomic E-state index is 0.325. The molecule has 2 aromatic carbocycles. The smallest absolute Gasteiger partial charge is 0.323 e. The molecule has 1 aliphatic heterocycles. The Bertz CT molecular complexity index is 997. The van der Waals surface area contributed by atoms with Crippen molar-refractivity contribution in [2.45, 2.75) is 26.2 Å². The van der Waals surface area contributed by atoms with E-state index >= 15 is 0 Å². The number of benzene rings is 2.